The zero-order valence-corrected chi connectivity index (χ0v) is 14.9. The minimum atomic E-state index is 0.127. The molecule has 124 valence electrons. The number of hydrogen-bond donors (Lipinski definition) is 0. The molecule has 0 fully saturated rings. The molecule has 1 aliphatic rings. The van der Waals surface area contributed by atoms with Crippen LogP contribution in [-0.2, 0) is 11.3 Å². The summed E-state index contributed by atoms with van der Waals surface area (Å²) >= 11 is 1.81. The Balaban J connectivity index is 1.89. The molecule has 0 unspecified atom stereocenters. The summed E-state index contributed by atoms with van der Waals surface area (Å²) in [5.74, 6) is 0.127. The van der Waals surface area contributed by atoms with Crippen molar-refractivity contribution >= 4 is 17.7 Å². The molecule has 0 spiro atoms. The minimum Gasteiger partial charge on any atom is -0.311 e. The summed E-state index contributed by atoms with van der Waals surface area (Å²) in [6, 6.07) is 20.7. The van der Waals surface area contributed by atoms with Gasteiger partial charge in [0.05, 0.1) is 6.54 Å². The van der Waals surface area contributed by atoms with Crippen molar-refractivity contribution in [2.24, 2.45) is 0 Å². The largest absolute Gasteiger partial charge is 0.311 e. The Hall–Kier alpha value is -2.00. The SMILES string of the molecule is CC(=O)N(Cc1ccccc1)C1=C(Sc2ccccc2)CCCC1. The first kappa shape index (κ1) is 16.8. The number of amides is 1. The van der Waals surface area contributed by atoms with Crippen LogP contribution < -0.4 is 0 Å². The molecule has 0 N–H and O–H groups in total. The van der Waals surface area contributed by atoms with Crippen molar-refractivity contribution in [3.05, 3.63) is 76.8 Å². The number of carbonyl (C=O) groups excluding carboxylic acids is 1. The molecule has 0 saturated heterocycles. The first-order valence-electron chi connectivity index (χ1n) is 8.51. The Morgan fingerprint density at radius 1 is 0.958 bits per heavy atom. The average molecular weight is 337 g/mol. The Morgan fingerprint density at radius 3 is 2.25 bits per heavy atom. The number of hydrogen-bond acceptors (Lipinski definition) is 2. The lowest BCUT2D eigenvalue weighted by atomic mass is 10.0. The van der Waals surface area contributed by atoms with E-state index in [0.717, 1.165) is 19.3 Å². The molecule has 24 heavy (non-hydrogen) atoms. The van der Waals surface area contributed by atoms with E-state index in [1.807, 2.05) is 40.9 Å². The maximum absolute atomic E-state index is 12.3. The zero-order valence-electron chi connectivity index (χ0n) is 14.1. The highest BCUT2D eigenvalue weighted by Crippen LogP contribution is 2.39. The van der Waals surface area contributed by atoms with Gasteiger partial charge in [-0.05, 0) is 43.4 Å². The first-order chi connectivity index (χ1) is 11.7. The van der Waals surface area contributed by atoms with Gasteiger partial charge in [0.25, 0.3) is 0 Å². The number of rotatable bonds is 5. The third kappa shape index (κ3) is 4.30. The van der Waals surface area contributed by atoms with E-state index in [2.05, 4.69) is 36.4 Å². The van der Waals surface area contributed by atoms with Gasteiger partial charge in [-0.25, -0.2) is 0 Å². The van der Waals surface area contributed by atoms with E-state index < -0.39 is 0 Å². The molecule has 1 aliphatic carbocycles. The highest BCUT2D eigenvalue weighted by molar-refractivity contribution is 8.03. The lowest BCUT2D eigenvalue weighted by molar-refractivity contribution is -0.127. The molecule has 0 aromatic heterocycles. The van der Waals surface area contributed by atoms with Crippen LogP contribution in [0.2, 0.25) is 0 Å². The number of carbonyl (C=O) groups is 1. The first-order valence-corrected chi connectivity index (χ1v) is 9.32. The normalized spacial score (nSPS) is 14.5. The maximum Gasteiger partial charge on any atom is 0.223 e. The van der Waals surface area contributed by atoms with Crippen LogP contribution in [0.3, 0.4) is 0 Å². The fourth-order valence-corrected chi connectivity index (χ4v) is 4.20. The molecule has 0 radical (unpaired) electrons. The lowest BCUT2D eigenvalue weighted by Gasteiger charge is -2.30. The Bertz CT molecular complexity index is 709. The van der Waals surface area contributed by atoms with E-state index in [0.29, 0.717) is 6.54 Å². The third-order valence-electron chi connectivity index (χ3n) is 4.26. The molecule has 0 atom stereocenters. The Kier molecular flexibility index (Phi) is 5.76. The second-order valence-electron chi connectivity index (χ2n) is 6.08. The van der Waals surface area contributed by atoms with Gasteiger partial charge in [0, 0.05) is 22.4 Å². The van der Waals surface area contributed by atoms with Gasteiger partial charge in [0.15, 0.2) is 0 Å². The second kappa shape index (κ2) is 8.20. The predicted molar refractivity (Wildman–Crippen MR) is 100 cm³/mol. The van der Waals surface area contributed by atoms with Crippen LogP contribution >= 0.6 is 11.8 Å². The third-order valence-corrected chi connectivity index (χ3v) is 5.46. The molecule has 2 aromatic carbocycles. The predicted octanol–water partition coefficient (Wildman–Crippen LogP) is 5.61. The van der Waals surface area contributed by atoms with Gasteiger partial charge in [0.2, 0.25) is 5.91 Å². The molecule has 3 heteroatoms. The van der Waals surface area contributed by atoms with Gasteiger partial charge >= 0.3 is 0 Å². The van der Waals surface area contributed by atoms with E-state index >= 15 is 0 Å². The topological polar surface area (TPSA) is 20.3 Å². The fraction of sp³-hybridized carbons (Fsp3) is 0.286. The smallest absolute Gasteiger partial charge is 0.223 e. The number of benzene rings is 2. The van der Waals surface area contributed by atoms with Gasteiger partial charge in [-0.3, -0.25) is 4.79 Å². The van der Waals surface area contributed by atoms with E-state index in [9.17, 15) is 4.79 Å². The molecule has 3 rings (SSSR count). The molecule has 0 saturated carbocycles. The number of thioether (sulfide) groups is 1. The standard InChI is InChI=1S/C21H23NOS/c1-17(23)22(16-18-10-4-2-5-11-18)20-14-8-9-15-21(20)24-19-12-6-3-7-13-19/h2-7,10-13H,8-9,14-16H2,1H3. The summed E-state index contributed by atoms with van der Waals surface area (Å²) in [6.07, 6.45) is 4.41. The van der Waals surface area contributed by atoms with Gasteiger partial charge in [0.1, 0.15) is 0 Å². The van der Waals surface area contributed by atoms with E-state index in [-0.39, 0.29) is 5.91 Å². The molecule has 0 aliphatic heterocycles. The number of nitrogens with zero attached hydrogens (tertiary/aromatic N) is 1. The molecular formula is C21H23NOS. The maximum atomic E-state index is 12.3. The van der Waals surface area contributed by atoms with Crippen LogP contribution in [-0.4, -0.2) is 10.8 Å². The van der Waals surface area contributed by atoms with E-state index in [4.69, 9.17) is 0 Å². The summed E-state index contributed by atoms with van der Waals surface area (Å²) < 4.78 is 0. The minimum absolute atomic E-state index is 0.127. The Labute approximate surface area is 148 Å². The van der Waals surface area contributed by atoms with Crippen LogP contribution in [0.15, 0.2) is 76.2 Å². The average Bonchev–Trinajstić information content (AvgIpc) is 2.62. The summed E-state index contributed by atoms with van der Waals surface area (Å²) in [7, 11) is 0. The van der Waals surface area contributed by atoms with Crippen molar-refractivity contribution in [2.45, 2.75) is 44.0 Å². The van der Waals surface area contributed by atoms with Crippen LogP contribution in [0.25, 0.3) is 0 Å². The van der Waals surface area contributed by atoms with E-state index in [1.54, 1.807) is 6.92 Å². The molecule has 1 amide bonds. The van der Waals surface area contributed by atoms with Gasteiger partial charge in [-0.2, -0.15) is 0 Å². The molecule has 0 bridgehead atoms. The summed E-state index contributed by atoms with van der Waals surface area (Å²) in [5, 5.41) is 0. The van der Waals surface area contributed by atoms with Crippen molar-refractivity contribution in [2.75, 3.05) is 0 Å². The number of allylic oxidation sites excluding steroid dienone is 2. The zero-order chi connectivity index (χ0) is 16.8. The molecule has 2 aromatic rings. The lowest BCUT2D eigenvalue weighted by Crippen LogP contribution is -2.29. The van der Waals surface area contributed by atoms with Gasteiger partial charge < -0.3 is 4.90 Å². The molecule has 0 heterocycles. The summed E-state index contributed by atoms with van der Waals surface area (Å²) in [4.78, 5) is 16.9. The van der Waals surface area contributed by atoms with Crippen LogP contribution in [0.5, 0.6) is 0 Å². The monoisotopic (exact) mass is 337 g/mol. The molecular weight excluding hydrogens is 314 g/mol. The fourth-order valence-electron chi connectivity index (χ4n) is 3.05. The molecule has 2 nitrogen and oxygen atoms in total. The van der Waals surface area contributed by atoms with Crippen molar-refractivity contribution in [1.82, 2.24) is 4.90 Å². The van der Waals surface area contributed by atoms with Gasteiger partial charge in [-0.15, -0.1) is 0 Å². The second-order valence-corrected chi connectivity index (χ2v) is 7.25. The van der Waals surface area contributed by atoms with Crippen molar-refractivity contribution in [3.8, 4) is 0 Å². The van der Waals surface area contributed by atoms with Crippen molar-refractivity contribution in [1.29, 1.82) is 0 Å². The summed E-state index contributed by atoms with van der Waals surface area (Å²) in [5.41, 5.74) is 2.39. The highest BCUT2D eigenvalue weighted by atomic mass is 32.2. The van der Waals surface area contributed by atoms with Crippen LogP contribution in [0.4, 0.5) is 0 Å². The highest BCUT2D eigenvalue weighted by Gasteiger charge is 2.22. The van der Waals surface area contributed by atoms with Crippen LogP contribution in [0, 0.1) is 0 Å². The Morgan fingerprint density at radius 2 is 1.58 bits per heavy atom. The quantitative estimate of drug-likeness (QED) is 0.706. The van der Waals surface area contributed by atoms with Crippen molar-refractivity contribution in [3.63, 3.8) is 0 Å². The van der Waals surface area contributed by atoms with Gasteiger partial charge in [-0.1, -0.05) is 60.3 Å². The van der Waals surface area contributed by atoms with E-state index in [1.165, 1.54) is 27.5 Å². The van der Waals surface area contributed by atoms with Crippen LogP contribution in [0.1, 0.15) is 38.2 Å². The summed E-state index contributed by atoms with van der Waals surface area (Å²) in [6.45, 7) is 2.33. The van der Waals surface area contributed by atoms with Crippen molar-refractivity contribution < 1.29 is 4.79 Å².